The van der Waals surface area contributed by atoms with E-state index in [4.69, 9.17) is 9.84 Å². The zero-order chi connectivity index (χ0) is 13.6. The first-order valence-electron chi connectivity index (χ1n) is 6.10. The lowest BCUT2D eigenvalue weighted by Crippen LogP contribution is -2.39. The lowest BCUT2D eigenvalue weighted by molar-refractivity contribution is -0.137. The number of aliphatic carboxylic acids is 1. The first-order chi connectivity index (χ1) is 8.44. The van der Waals surface area contributed by atoms with Gasteiger partial charge in [-0.25, -0.2) is 8.42 Å². The second kappa shape index (κ2) is 7.06. The maximum atomic E-state index is 11.4. The Morgan fingerprint density at radius 2 is 2.17 bits per heavy atom. The van der Waals surface area contributed by atoms with E-state index in [2.05, 4.69) is 0 Å². The van der Waals surface area contributed by atoms with Crippen molar-refractivity contribution in [1.82, 2.24) is 4.90 Å². The van der Waals surface area contributed by atoms with Gasteiger partial charge in [-0.1, -0.05) is 0 Å². The van der Waals surface area contributed by atoms with Crippen LogP contribution in [0.1, 0.15) is 19.3 Å². The van der Waals surface area contributed by atoms with Gasteiger partial charge in [0, 0.05) is 26.1 Å². The van der Waals surface area contributed by atoms with E-state index in [0.717, 1.165) is 0 Å². The second-order valence-electron chi connectivity index (χ2n) is 4.58. The van der Waals surface area contributed by atoms with Crippen molar-refractivity contribution in [2.75, 3.05) is 38.3 Å². The molecule has 1 heterocycles. The minimum Gasteiger partial charge on any atom is -0.481 e. The molecule has 106 valence electrons. The number of ether oxygens (including phenoxy) is 1. The van der Waals surface area contributed by atoms with Gasteiger partial charge in [-0.05, 0) is 19.4 Å². The molecule has 7 heteroatoms. The first-order valence-corrected chi connectivity index (χ1v) is 7.92. The quantitative estimate of drug-likeness (QED) is 0.672. The average Bonchev–Trinajstić information content (AvgIpc) is 2.63. The monoisotopic (exact) mass is 279 g/mol. The van der Waals surface area contributed by atoms with E-state index in [-0.39, 0.29) is 24.0 Å². The van der Waals surface area contributed by atoms with Crippen LogP contribution in [0.25, 0.3) is 0 Å². The van der Waals surface area contributed by atoms with Crippen LogP contribution in [0.4, 0.5) is 0 Å². The van der Waals surface area contributed by atoms with Gasteiger partial charge in [-0.2, -0.15) is 0 Å². The molecule has 0 saturated carbocycles. The van der Waals surface area contributed by atoms with Gasteiger partial charge >= 0.3 is 5.97 Å². The fraction of sp³-hybridized carbons (Fsp3) is 0.909. The SMILES string of the molecule is COCCN(CCCC(=O)O)C1CCS(=O)(=O)C1. The summed E-state index contributed by atoms with van der Waals surface area (Å²) in [6.45, 7) is 1.79. The average molecular weight is 279 g/mol. The highest BCUT2D eigenvalue weighted by Crippen LogP contribution is 2.18. The van der Waals surface area contributed by atoms with Crippen LogP contribution in [0.5, 0.6) is 0 Å². The van der Waals surface area contributed by atoms with Gasteiger partial charge in [0.05, 0.1) is 18.1 Å². The Labute approximate surface area is 108 Å². The molecule has 0 aromatic carbocycles. The van der Waals surface area contributed by atoms with Gasteiger partial charge in [-0.15, -0.1) is 0 Å². The molecular weight excluding hydrogens is 258 g/mol. The highest BCUT2D eigenvalue weighted by atomic mass is 32.2. The summed E-state index contributed by atoms with van der Waals surface area (Å²) in [5, 5.41) is 8.61. The summed E-state index contributed by atoms with van der Waals surface area (Å²) < 4.78 is 27.9. The molecule has 1 atom stereocenters. The Balaban J connectivity index is 2.47. The highest BCUT2D eigenvalue weighted by Gasteiger charge is 2.31. The molecule has 0 aromatic heterocycles. The van der Waals surface area contributed by atoms with E-state index < -0.39 is 15.8 Å². The number of carboxylic acids is 1. The standard InChI is InChI=1S/C11H21NO5S/c1-17-7-6-12(5-2-3-11(13)14)10-4-8-18(15,16)9-10/h10H,2-9H2,1H3,(H,13,14). The smallest absolute Gasteiger partial charge is 0.303 e. The van der Waals surface area contributed by atoms with Crippen LogP contribution in [-0.2, 0) is 19.4 Å². The van der Waals surface area contributed by atoms with Gasteiger partial charge in [0.1, 0.15) is 0 Å². The van der Waals surface area contributed by atoms with Crippen LogP contribution < -0.4 is 0 Å². The largest absolute Gasteiger partial charge is 0.481 e. The highest BCUT2D eigenvalue weighted by molar-refractivity contribution is 7.91. The fourth-order valence-corrected chi connectivity index (χ4v) is 3.94. The first kappa shape index (κ1) is 15.4. The summed E-state index contributed by atoms with van der Waals surface area (Å²) >= 11 is 0. The van der Waals surface area contributed by atoms with Crippen molar-refractivity contribution in [3.05, 3.63) is 0 Å². The summed E-state index contributed by atoms with van der Waals surface area (Å²) in [6, 6.07) is 0.0129. The molecule has 1 saturated heterocycles. The molecular formula is C11H21NO5S. The van der Waals surface area contributed by atoms with E-state index in [1.54, 1.807) is 7.11 Å². The molecule has 1 fully saturated rings. The Morgan fingerprint density at radius 1 is 1.44 bits per heavy atom. The van der Waals surface area contributed by atoms with Crippen LogP contribution in [0, 0.1) is 0 Å². The number of rotatable bonds is 8. The molecule has 0 bridgehead atoms. The number of hydrogen-bond acceptors (Lipinski definition) is 5. The third kappa shape index (κ3) is 5.32. The lowest BCUT2D eigenvalue weighted by atomic mass is 10.2. The van der Waals surface area contributed by atoms with E-state index in [1.165, 1.54) is 0 Å². The van der Waals surface area contributed by atoms with Crippen LogP contribution in [0.3, 0.4) is 0 Å². The molecule has 0 aromatic rings. The summed E-state index contributed by atoms with van der Waals surface area (Å²) in [5.41, 5.74) is 0. The molecule has 0 amide bonds. The van der Waals surface area contributed by atoms with E-state index >= 15 is 0 Å². The van der Waals surface area contributed by atoms with Crippen molar-refractivity contribution < 1.29 is 23.1 Å². The Kier molecular flexibility index (Phi) is 6.04. The number of carboxylic acid groups (broad SMARTS) is 1. The number of methoxy groups -OCH3 is 1. The minimum absolute atomic E-state index is 0.0129. The summed E-state index contributed by atoms with van der Waals surface area (Å²) in [4.78, 5) is 12.5. The molecule has 0 spiro atoms. The van der Waals surface area contributed by atoms with Crippen molar-refractivity contribution in [2.24, 2.45) is 0 Å². The fourth-order valence-electron chi connectivity index (χ4n) is 2.18. The predicted molar refractivity (Wildman–Crippen MR) is 67.4 cm³/mol. The number of hydrogen-bond donors (Lipinski definition) is 1. The minimum atomic E-state index is -2.91. The van der Waals surface area contributed by atoms with Gasteiger partial charge < -0.3 is 9.84 Å². The van der Waals surface area contributed by atoms with E-state index in [9.17, 15) is 13.2 Å². The Hall–Kier alpha value is -0.660. The van der Waals surface area contributed by atoms with Crippen LogP contribution in [-0.4, -0.2) is 68.7 Å². The van der Waals surface area contributed by atoms with Gasteiger partial charge in [0.15, 0.2) is 9.84 Å². The maximum absolute atomic E-state index is 11.4. The summed E-state index contributed by atoms with van der Waals surface area (Å²) in [5.74, 6) is -0.398. The molecule has 1 aliphatic heterocycles. The van der Waals surface area contributed by atoms with Gasteiger partial charge in [0.25, 0.3) is 0 Å². The van der Waals surface area contributed by atoms with Crippen LogP contribution >= 0.6 is 0 Å². The van der Waals surface area contributed by atoms with Crippen molar-refractivity contribution in [1.29, 1.82) is 0 Å². The lowest BCUT2D eigenvalue weighted by Gasteiger charge is -2.27. The van der Waals surface area contributed by atoms with Crippen LogP contribution in [0.2, 0.25) is 0 Å². The van der Waals surface area contributed by atoms with Gasteiger partial charge in [-0.3, -0.25) is 9.69 Å². The van der Waals surface area contributed by atoms with Gasteiger partial charge in [0.2, 0.25) is 0 Å². The second-order valence-corrected chi connectivity index (χ2v) is 6.81. The van der Waals surface area contributed by atoms with Crippen molar-refractivity contribution in [3.63, 3.8) is 0 Å². The van der Waals surface area contributed by atoms with Crippen molar-refractivity contribution >= 4 is 15.8 Å². The van der Waals surface area contributed by atoms with E-state index in [1.807, 2.05) is 4.90 Å². The number of nitrogens with zero attached hydrogens (tertiary/aromatic N) is 1. The maximum Gasteiger partial charge on any atom is 0.303 e. The zero-order valence-electron chi connectivity index (χ0n) is 10.7. The molecule has 1 unspecified atom stereocenters. The molecule has 6 nitrogen and oxygen atoms in total. The molecule has 0 aliphatic carbocycles. The summed E-state index contributed by atoms with van der Waals surface area (Å²) in [7, 11) is -1.31. The van der Waals surface area contributed by atoms with E-state index in [0.29, 0.717) is 32.5 Å². The zero-order valence-corrected chi connectivity index (χ0v) is 11.5. The van der Waals surface area contributed by atoms with Crippen molar-refractivity contribution in [2.45, 2.75) is 25.3 Å². The molecule has 18 heavy (non-hydrogen) atoms. The molecule has 1 N–H and O–H groups in total. The van der Waals surface area contributed by atoms with Crippen molar-refractivity contribution in [3.8, 4) is 0 Å². The molecule has 1 rings (SSSR count). The summed E-state index contributed by atoms with van der Waals surface area (Å²) in [6.07, 6.45) is 1.29. The Morgan fingerprint density at radius 3 is 2.67 bits per heavy atom. The number of carbonyl (C=O) groups is 1. The third-order valence-corrected chi connectivity index (χ3v) is 4.89. The normalized spacial score (nSPS) is 22.4. The Bertz CT molecular complexity index is 368. The third-order valence-electron chi connectivity index (χ3n) is 3.14. The van der Waals surface area contributed by atoms with Crippen LogP contribution in [0.15, 0.2) is 0 Å². The molecule has 0 radical (unpaired) electrons. The predicted octanol–water partition coefficient (Wildman–Crippen LogP) is -0.0133. The topological polar surface area (TPSA) is 83.9 Å². The molecule has 1 aliphatic rings. The number of sulfone groups is 1.